The van der Waals surface area contributed by atoms with E-state index in [1.54, 1.807) is 19.4 Å². The molecule has 0 bridgehead atoms. The standard InChI is InChI=1S/C17H12ClFN4O3/c1-25-8-9-6-12-11(4-5-20-15(12)21-9)16-22-26-17(24)23(16)10-2-3-14(19)13(18)7-10/h2-5,7H,6,8H2,1H3. The molecule has 3 heterocycles. The van der Waals surface area contributed by atoms with Crippen LogP contribution in [0.1, 0.15) is 5.56 Å². The number of pyridine rings is 1. The Morgan fingerprint density at radius 1 is 1.38 bits per heavy atom. The SMILES string of the molecule is COCC1=Nc2nccc(-c3noc(=O)n3-c3ccc(F)c(Cl)c3)c2C1. The predicted octanol–water partition coefficient (Wildman–Crippen LogP) is 2.96. The van der Waals surface area contributed by atoms with Crippen molar-refractivity contribution in [2.24, 2.45) is 4.99 Å². The fourth-order valence-corrected chi connectivity index (χ4v) is 3.05. The largest absolute Gasteiger partial charge is 0.446 e. The molecule has 2 aromatic heterocycles. The van der Waals surface area contributed by atoms with Gasteiger partial charge in [-0.2, -0.15) is 0 Å². The molecule has 0 N–H and O–H groups in total. The normalized spacial score (nSPS) is 13.0. The number of hydrogen-bond donors (Lipinski definition) is 0. The Balaban J connectivity index is 1.85. The molecular weight excluding hydrogens is 363 g/mol. The van der Waals surface area contributed by atoms with Gasteiger partial charge in [0.05, 0.1) is 23.0 Å². The van der Waals surface area contributed by atoms with E-state index in [1.807, 2.05) is 0 Å². The third-order valence-electron chi connectivity index (χ3n) is 4.00. The van der Waals surface area contributed by atoms with E-state index in [0.717, 1.165) is 11.3 Å². The quantitative estimate of drug-likeness (QED) is 0.701. The van der Waals surface area contributed by atoms with Crippen LogP contribution in [0.15, 0.2) is 44.8 Å². The maximum absolute atomic E-state index is 13.5. The molecule has 3 aromatic rings. The van der Waals surface area contributed by atoms with E-state index in [1.165, 1.54) is 22.8 Å². The molecule has 0 unspecified atom stereocenters. The Labute approximate surface area is 151 Å². The van der Waals surface area contributed by atoms with Crippen LogP contribution in [0.4, 0.5) is 10.2 Å². The first-order chi connectivity index (χ1) is 12.6. The van der Waals surface area contributed by atoms with E-state index in [-0.39, 0.29) is 10.8 Å². The fourth-order valence-electron chi connectivity index (χ4n) is 2.88. The van der Waals surface area contributed by atoms with Gasteiger partial charge < -0.3 is 4.74 Å². The topological polar surface area (TPSA) is 82.5 Å². The van der Waals surface area contributed by atoms with Gasteiger partial charge in [-0.25, -0.2) is 23.7 Å². The highest BCUT2D eigenvalue weighted by Crippen LogP contribution is 2.33. The molecule has 4 rings (SSSR count). The van der Waals surface area contributed by atoms with Crippen molar-refractivity contribution in [3.8, 4) is 17.1 Å². The Morgan fingerprint density at radius 3 is 3.00 bits per heavy atom. The molecule has 7 nitrogen and oxygen atoms in total. The number of nitrogens with zero attached hydrogens (tertiary/aromatic N) is 4. The van der Waals surface area contributed by atoms with E-state index >= 15 is 0 Å². The van der Waals surface area contributed by atoms with E-state index in [4.69, 9.17) is 20.9 Å². The summed E-state index contributed by atoms with van der Waals surface area (Å²) in [5, 5.41) is 3.79. The summed E-state index contributed by atoms with van der Waals surface area (Å²) in [5.74, 6) is -0.466. The van der Waals surface area contributed by atoms with Gasteiger partial charge in [0.1, 0.15) is 5.82 Å². The van der Waals surface area contributed by atoms with E-state index < -0.39 is 11.6 Å². The van der Waals surface area contributed by atoms with Crippen LogP contribution in [0, 0.1) is 5.82 Å². The Bertz CT molecular complexity index is 1090. The van der Waals surface area contributed by atoms with Crippen molar-refractivity contribution in [1.29, 1.82) is 0 Å². The molecule has 1 aromatic carbocycles. The van der Waals surface area contributed by atoms with Crippen molar-refractivity contribution in [3.05, 3.63) is 57.4 Å². The zero-order chi connectivity index (χ0) is 18.3. The summed E-state index contributed by atoms with van der Waals surface area (Å²) in [6, 6.07) is 5.67. The third-order valence-corrected chi connectivity index (χ3v) is 4.29. The molecule has 132 valence electrons. The minimum Gasteiger partial charge on any atom is -0.379 e. The molecule has 0 aliphatic carbocycles. The number of rotatable bonds is 4. The number of aliphatic imine (C=N–C) groups is 1. The molecule has 0 saturated heterocycles. The summed E-state index contributed by atoms with van der Waals surface area (Å²) < 4.78 is 24.7. The van der Waals surface area contributed by atoms with Gasteiger partial charge in [-0.1, -0.05) is 16.8 Å². The molecule has 0 spiro atoms. The monoisotopic (exact) mass is 374 g/mol. The maximum atomic E-state index is 13.5. The van der Waals surface area contributed by atoms with Crippen LogP contribution in [-0.4, -0.2) is 34.1 Å². The minimum absolute atomic E-state index is 0.104. The Hall–Kier alpha value is -2.84. The second-order valence-corrected chi connectivity index (χ2v) is 6.06. The first kappa shape index (κ1) is 16.6. The zero-order valence-corrected chi connectivity index (χ0v) is 14.3. The van der Waals surface area contributed by atoms with Gasteiger partial charge in [0, 0.05) is 30.9 Å². The fraction of sp³-hybridized carbons (Fsp3) is 0.176. The van der Waals surface area contributed by atoms with Gasteiger partial charge in [0.15, 0.2) is 11.6 Å². The molecule has 0 amide bonds. The number of halogens is 2. The number of benzene rings is 1. The minimum atomic E-state index is -0.704. The van der Waals surface area contributed by atoms with Crippen LogP contribution < -0.4 is 5.76 Å². The van der Waals surface area contributed by atoms with Crippen LogP contribution in [0.5, 0.6) is 0 Å². The van der Waals surface area contributed by atoms with Crippen LogP contribution >= 0.6 is 11.6 Å². The van der Waals surface area contributed by atoms with Crippen molar-refractivity contribution < 1.29 is 13.7 Å². The summed E-state index contributed by atoms with van der Waals surface area (Å²) in [7, 11) is 1.59. The van der Waals surface area contributed by atoms with Gasteiger partial charge >= 0.3 is 5.76 Å². The van der Waals surface area contributed by atoms with Crippen molar-refractivity contribution in [3.63, 3.8) is 0 Å². The molecule has 1 aliphatic heterocycles. The number of hydrogen-bond acceptors (Lipinski definition) is 6. The van der Waals surface area contributed by atoms with E-state index in [2.05, 4.69) is 15.1 Å². The summed E-state index contributed by atoms with van der Waals surface area (Å²) in [6.45, 7) is 0.384. The summed E-state index contributed by atoms with van der Waals surface area (Å²) in [6.07, 6.45) is 2.10. The van der Waals surface area contributed by atoms with Crippen molar-refractivity contribution in [1.82, 2.24) is 14.7 Å². The molecule has 1 aliphatic rings. The van der Waals surface area contributed by atoms with Gasteiger partial charge in [0.2, 0.25) is 0 Å². The van der Waals surface area contributed by atoms with E-state index in [9.17, 15) is 9.18 Å². The Kier molecular flexibility index (Phi) is 4.14. The van der Waals surface area contributed by atoms with Gasteiger partial charge in [-0.05, 0) is 24.3 Å². The van der Waals surface area contributed by atoms with Crippen LogP contribution in [0.3, 0.4) is 0 Å². The highest BCUT2D eigenvalue weighted by Gasteiger charge is 2.24. The van der Waals surface area contributed by atoms with Gasteiger partial charge in [0.25, 0.3) is 0 Å². The van der Waals surface area contributed by atoms with Crippen LogP contribution in [0.25, 0.3) is 17.1 Å². The average molecular weight is 375 g/mol. The molecule has 0 atom stereocenters. The summed E-state index contributed by atoms with van der Waals surface area (Å²) in [5.41, 5.74) is 2.63. The molecule has 0 saturated carbocycles. The predicted molar refractivity (Wildman–Crippen MR) is 93.0 cm³/mol. The lowest BCUT2D eigenvalue weighted by Gasteiger charge is -2.08. The molecule has 9 heteroatoms. The Morgan fingerprint density at radius 2 is 2.23 bits per heavy atom. The highest BCUT2D eigenvalue weighted by atomic mass is 35.5. The van der Waals surface area contributed by atoms with Crippen LogP contribution in [-0.2, 0) is 11.2 Å². The maximum Gasteiger partial charge on any atom is 0.446 e. The molecule has 0 radical (unpaired) electrons. The van der Waals surface area contributed by atoms with Gasteiger partial charge in [-0.3, -0.25) is 4.52 Å². The lowest BCUT2D eigenvalue weighted by Crippen LogP contribution is -2.14. The highest BCUT2D eigenvalue weighted by molar-refractivity contribution is 6.30. The zero-order valence-electron chi connectivity index (χ0n) is 13.6. The van der Waals surface area contributed by atoms with Crippen molar-refractivity contribution in [2.75, 3.05) is 13.7 Å². The lowest BCUT2D eigenvalue weighted by atomic mass is 10.1. The van der Waals surface area contributed by atoms with E-state index in [0.29, 0.717) is 30.1 Å². The summed E-state index contributed by atoms with van der Waals surface area (Å²) >= 11 is 5.85. The third kappa shape index (κ3) is 2.73. The van der Waals surface area contributed by atoms with Gasteiger partial charge in [-0.15, -0.1) is 0 Å². The number of aromatic nitrogens is 3. The smallest absolute Gasteiger partial charge is 0.379 e. The number of fused-ring (bicyclic) bond motifs is 1. The number of ether oxygens (including phenoxy) is 1. The molecule has 26 heavy (non-hydrogen) atoms. The first-order valence-electron chi connectivity index (χ1n) is 7.66. The molecular formula is C17H12ClFN4O3. The second kappa shape index (κ2) is 6.47. The van der Waals surface area contributed by atoms with Crippen molar-refractivity contribution >= 4 is 23.1 Å². The molecule has 0 fully saturated rings. The number of methoxy groups -OCH3 is 1. The second-order valence-electron chi connectivity index (χ2n) is 5.65. The average Bonchev–Trinajstić information content (AvgIpc) is 3.20. The lowest BCUT2D eigenvalue weighted by molar-refractivity contribution is 0.244. The first-order valence-corrected chi connectivity index (χ1v) is 8.04. The van der Waals surface area contributed by atoms with Crippen LogP contribution in [0.2, 0.25) is 5.02 Å². The van der Waals surface area contributed by atoms with Crippen molar-refractivity contribution in [2.45, 2.75) is 6.42 Å². The summed E-state index contributed by atoms with van der Waals surface area (Å²) in [4.78, 5) is 20.9.